The van der Waals surface area contributed by atoms with E-state index in [0.29, 0.717) is 0 Å². The van der Waals surface area contributed by atoms with Gasteiger partial charge in [-0.15, -0.1) is 0 Å². The van der Waals surface area contributed by atoms with E-state index in [1.165, 1.54) is 33.4 Å². The van der Waals surface area contributed by atoms with E-state index in [-0.39, 0.29) is 0 Å². The Kier molecular flexibility index (Phi) is 5.00. The minimum absolute atomic E-state index is 1.09. The Labute approximate surface area is 144 Å². The van der Waals surface area contributed by atoms with Gasteiger partial charge in [-0.1, -0.05) is 68.0 Å². The molecule has 0 unspecified atom stereocenters. The summed E-state index contributed by atoms with van der Waals surface area (Å²) in [5.41, 5.74) is 6.53. The second-order valence-corrected chi connectivity index (χ2v) is 6.00. The highest BCUT2D eigenvalue weighted by Crippen LogP contribution is 2.32. The summed E-state index contributed by atoms with van der Waals surface area (Å²) in [5.74, 6) is 0. The maximum atomic E-state index is 2.39. The van der Waals surface area contributed by atoms with Gasteiger partial charge in [-0.3, -0.25) is 0 Å². The van der Waals surface area contributed by atoms with E-state index in [0.717, 1.165) is 12.8 Å². The molecule has 1 heterocycles. The van der Waals surface area contributed by atoms with Crippen LogP contribution in [0.3, 0.4) is 0 Å². The van der Waals surface area contributed by atoms with E-state index >= 15 is 0 Å². The van der Waals surface area contributed by atoms with Crippen molar-refractivity contribution in [2.45, 2.75) is 33.6 Å². The molecule has 0 N–H and O–H groups in total. The maximum absolute atomic E-state index is 2.39. The molecule has 0 spiro atoms. The van der Waals surface area contributed by atoms with Crippen molar-refractivity contribution in [3.8, 4) is 5.69 Å². The monoisotopic (exact) mass is 315 g/mol. The first-order valence-electron chi connectivity index (χ1n) is 8.81. The average Bonchev–Trinajstić information content (AvgIpc) is 2.94. The summed E-state index contributed by atoms with van der Waals surface area (Å²) in [7, 11) is 0. The van der Waals surface area contributed by atoms with Crippen LogP contribution in [0.1, 0.15) is 44.9 Å². The lowest BCUT2D eigenvalue weighted by Crippen LogP contribution is -1.96. The fourth-order valence-corrected chi connectivity index (χ4v) is 3.27. The number of allylic oxidation sites excluding steroid dienone is 2. The number of nitrogens with zero attached hydrogens (tertiary/aromatic N) is 1. The molecule has 0 aliphatic heterocycles. The molecule has 0 atom stereocenters. The average molecular weight is 315 g/mol. The lowest BCUT2D eigenvalue weighted by atomic mass is 10.0. The van der Waals surface area contributed by atoms with Crippen molar-refractivity contribution >= 4 is 23.1 Å². The van der Waals surface area contributed by atoms with E-state index < -0.39 is 0 Å². The lowest BCUT2D eigenvalue weighted by Gasteiger charge is -2.09. The molecule has 3 rings (SSSR count). The third-order valence-corrected chi connectivity index (χ3v) is 4.55. The van der Waals surface area contributed by atoms with Crippen LogP contribution in [-0.4, -0.2) is 4.57 Å². The van der Waals surface area contributed by atoms with Gasteiger partial charge in [0.05, 0.1) is 11.2 Å². The van der Waals surface area contributed by atoms with Crippen LogP contribution in [0.25, 0.3) is 28.7 Å². The Morgan fingerprint density at radius 3 is 2.25 bits per heavy atom. The molecule has 1 aromatic heterocycles. The quantitative estimate of drug-likeness (QED) is 0.484. The molecule has 0 saturated carbocycles. The summed E-state index contributed by atoms with van der Waals surface area (Å²) < 4.78 is 2.37. The number of aromatic nitrogens is 1. The van der Waals surface area contributed by atoms with Gasteiger partial charge in [0.2, 0.25) is 0 Å². The van der Waals surface area contributed by atoms with Crippen molar-refractivity contribution in [1.82, 2.24) is 4.57 Å². The Hall–Kier alpha value is -2.54. The van der Waals surface area contributed by atoms with Crippen molar-refractivity contribution in [2.75, 3.05) is 0 Å². The highest BCUT2D eigenvalue weighted by Gasteiger charge is 2.15. The fraction of sp³-hybridized carbons (Fsp3) is 0.217. The zero-order chi connectivity index (χ0) is 16.9. The van der Waals surface area contributed by atoms with Gasteiger partial charge in [-0.05, 0) is 44.0 Å². The van der Waals surface area contributed by atoms with Crippen LogP contribution in [-0.2, 0) is 0 Å². The number of hydrogen-bond acceptors (Lipinski definition) is 0. The van der Waals surface area contributed by atoms with Gasteiger partial charge in [0.25, 0.3) is 0 Å². The highest BCUT2D eigenvalue weighted by atomic mass is 15.0. The number of fused-ring (bicyclic) bond motifs is 1. The molecule has 122 valence electrons. The van der Waals surface area contributed by atoms with Gasteiger partial charge >= 0.3 is 0 Å². The van der Waals surface area contributed by atoms with Crippen molar-refractivity contribution in [3.63, 3.8) is 0 Å². The number of hydrogen-bond donors (Lipinski definition) is 0. The van der Waals surface area contributed by atoms with Crippen LogP contribution in [0.5, 0.6) is 0 Å². The Balaban J connectivity index is 2.39. The van der Waals surface area contributed by atoms with Crippen molar-refractivity contribution in [2.24, 2.45) is 0 Å². The number of benzene rings is 2. The van der Waals surface area contributed by atoms with Crippen molar-refractivity contribution < 1.29 is 0 Å². The SMILES string of the molecule is C/C=C/c1c(C=C(CC)CC)c2ccccc2n1-c1ccccc1. The van der Waals surface area contributed by atoms with Crippen LogP contribution in [0.2, 0.25) is 0 Å². The first-order valence-corrected chi connectivity index (χ1v) is 8.81. The van der Waals surface area contributed by atoms with Gasteiger partial charge in [0.1, 0.15) is 0 Å². The highest BCUT2D eigenvalue weighted by molar-refractivity contribution is 5.95. The molecule has 3 aromatic rings. The Bertz CT molecular complexity index is 873. The number of para-hydroxylation sites is 2. The lowest BCUT2D eigenvalue weighted by molar-refractivity contribution is 0.989. The smallest absolute Gasteiger partial charge is 0.0541 e. The molecule has 0 radical (unpaired) electrons. The summed E-state index contributed by atoms with van der Waals surface area (Å²) in [6.45, 7) is 6.56. The molecule has 0 aliphatic rings. The third-order valence-electron chi connectivity index (χ3n) is 4.55. The summed E-state index contributed by atoms with van der Waals surface area (Å²) in [4.78, 5) is 0. The molecule has 0 aliphatic carbocycles. The molecule has 0 saturated heterocycles. The standard InChI is InChI=1S/C23H25N/c1-4-12-22-21(17-18(5-2)6-3)20-15-10-11-16-23(20)24(22)19-13-8-7-9-14-19/h4,7-17H,5-6H2,1-3H3/b12-4+. The minimum atomic E-state index is 1.09. The first kappa shape index (κ1) is 16.3. The predicted octanol–water partition coefficient (Wildman–Crippen LogP) is 6.87. The topological polar surface area (TPSA) is 4.93 Å². The van der Waals surface area contributed by atoms with Gasteiger partial charge in [-0.25, -0.2) is 0 Å². The molecular weight excluding hydrogens is 290 g/mol. The van der Waals surface area contributed by atoms with Gasteiger partial charge in [-0.2, -0.15) is 0 Å². The van der Waals surface area contributed by atoms with Crippen LogP contribution in [0.15, 0.2) is 66.2 Å². The van der Waals surface area contributed by atoms with E-state index in [1.807, 2.05) is 0 Å². The van der Waals surface area contributed by atoms with Crippen molar-refractivity contribution in [1.29, 1.82) is 0 Å². The maximum Gasteiger partial charge on any atom is 0.0541 e. The first-order chi connectivity index (χ1) is 11.8. The van der Waals surface area contributed by atoms with Gasteiger partial charge in [0.15, 0.2) is 0 Å². The zero-order valence-corrected chi connectivity index (χ0v) is 14.8. The van der Waals surface area contributed by atoms with Gasteiger partial charge < -0.3 is 4.57 Å². The van der Waals surface area contributed by atoms with Crippen LogP contribution < -0.4 is 0 Å². The summed E-state index contributed by atoms with van der Waals surface area (Å²) >= 11 is 0. The van der Waals surface area contributed by atoms with E-state index in [9.17, 15) is 0 Å². The Morgan fingerprint density at radius 2 is 1.58 bits per heavy atom. The molecule has 0 fully saturated rings. The predicted molar refractivity (Wildman–Crippen MR) is 107 cm³/mol. The molecule has 2 aromatic carbocycles. The summed E-state index contributed by atoms with van der Waals surface area (Å²) in [6, 6.07) is 19.3. The molecule has 1 heteroatoms. The van der Waals surface area contributed by atoms with E-state index in [1.54, 1.807) is 0 Å². The molecule has 1 nitrogen and oxygen atoms in total. The third kappa shape index (κ3) is 2.94. The molecule has 24 heavy (non-hydrogen) atoms. The molecular formula is C23H25N. The van der Waals surface area contributed by atoms with E-state index in [4.69, 9.17) is 0 Å². The molecule has 0 amide bonds. The number of rotatable bonds is 5. The van der Waals surface area contributed by atoms with Gasteiger partial charge in [0, 0.05) is 16.6 Å². The summed E-state index contributed by atoms with van der Waals surface area (Å²) in [5, 5.41) is 1.31. The Morgan fingerprint density at radius 1 is 0.917 bits per heavy atom. The normalized spacial score (nSPS) is 11.3. The van der Waals surface area contributed by atoms with E-state index in [2.05, 4.69) is 98.2 Å². The zero-order valence-electron chi connectivity index (χ0n) is 14.8. The second-order valence-electron chi connectivity index (χ2n) is 6.00. The fourth-order valence-electron chi connectivity index (χ4n) is 3.27. The van der Waals surface area contributed by atoms with Crippen LogP contribution in [0.4, 0.5) is 0 Å². The summed E-state index contributed by atoms with van der Waals surface area (Å²) in [6.07, 6.45) is 8.93. The second kappa shape index (κ2) is 7.35. The van der Waals surface area contributed by atoms with Crippen LogP contribution in [0, 0.1) is 0 Å². The minimum Gasteiger partial charge on any atom is -0.309 e. The molecule has 0 bridgehead atoms. The largest absolute Gasteiger partial charge is 0.309 e. The van der Waals surface area contributed by atoms with Crippen LogP contribution >= 0.6 is 0 Å². The van der Waals surface area contributed by atoms with Crippen molar-refractivity contribution in [3.05, 3.63) is 77.5 Å².